The van der Waals surface area contributed by atoms with Crippen molar-refractivity contribution in [2.75, 3.05) is 0 Å². The molecule has 28 heavy (non-hydrogen) atoms. The van der Waals surface area contributed by atoms with E-state index in [0.29, 0.717) is 17.5 Å². The Bertz CT molecular complexity index is 1050. The van der Waals surface area contributed by atoms with Gasteiger partial charge in [0.15, 0.2) is 5.16 Å². The maximum absolute atomic E-state index is 5.79. The van der Waals surface area contributed by atoms with Crippen LogP contribution in [-0.4, -0.2) is 25.0 Å². The molecule has 0 N–H and O–H groups in total. The molecule has 0 bridgehead atoms. The predicted molar refractivity (Wildman–Crippen MR) is 112 cm³/mol. The second-order valence-corrected chi connectivity index (χ2v) is 7.96. The fourth-order valence-electron chi connectivity index (χ4n) is 2.80. The average molecular weight is 456 g/mol. The molecule has 0 radical (unpaired) electrons. The van der Waals surface area contributed by atoms with Gasteiger partial charge < -0.3 is 8.98 Å². The Morgan fingerprint density at radius 3 is 2.50 bits per heavy atom. The van der Waals surface area contributed by atoms with E-state index in [1.165, 1.54) is 5.56 Å². The normalized spacial score (nSPS) is 11.1. The highest BCUT2D eigenvalue weighted by molar-refractivity contribution is 9.10. The summed E-state index contributed by atoms with van der Waals surface area (Å²) in [6, 6.07) is 18.1. The van der Waals surface area contributed by atoms with E-state index >= 15 is 0 Å². The Morgan fingerprint density at radius 2 is 1.75 bits per heavy atom. The molecule has 0 saturated heterocycles. The number of thioether (sulfide) groups is 1. The van der Waals surface area contributed by atoms with E-state index in [1.807, 2.05) is 42.5 Å². The molecule has 2 heterocycles. The molecule has 0 aliphatic heterocycles. The van der Waals surface area contributed by atoms with Crippen molar-refractivity contribution in [2.24, 2.45) is 0 Å². The number of rotatable bonds is 7. The zero-order chi connectivity index (χ0) is 19.3. The highest BCUT2D eigenvalue weighted by Gasteiger charge is 2.14. The van der Waals surface area contributed by atoms with Gasteiger partial charge in [-0.3, -0.25) is 0 Å². The lowest BCUT2D eigenvalue weighted by Gasteiger charge is -2.06. The molecule has 0 spiro atoms. The summed E-state index contributed by atoms with van der Waals surface area (Å²) in [6.07, 6.45) is 0.760. The fraction of sp³-hybridized carbons (Fsp3) is 0.200. The number of hydrogen-bond acceptors (Lipinski definition) is 6. The first-order valence-electron chi connectivity index (χ1n) is 8.90. The predicted octanol–water partition coefficient (Wildman–Crippen LogP) is 4.99. The first kappa shape index (κ1) is 18.9. The highest BCUT2D eigenvalue weighted by Crippen LogP contribution is 2.25. The Labute approximate surface area is 175 Å². The largest absolute Gasteiger partial charge is 0.420 e. The summed E-state index contributed by atoms with van der Waals surface area (Å²) in [5, 5.41) is 17.9. The molecular formula is C20H18BrN5OS. The van der Waals surface area contributed by atoms with Crippen LogP contribution in [0.5, 0.6) is 0 Å². The molecular weight excluding hydrogens is 438 g/mol. The molecule has 4 rings (SSSR count). The molecule has 0 aliphatic rings. The molecule has 142 valence electrons. The first-order valence-corrected chi connectivity index (χ1v) is 10.7. The lowest BCUT2D eigenvalue weighted by molar-refractivity contribution is 0.528. The molecule has 0 fully saturated rings. The zero-order valence-electron chi connectivity index (χ0n) is 15.2. The molecule has 0 unspecified atom stereocenters. The van der Waals surface area contributed by atoms with Gasteiger partial charge in [-0.2, -0.15) is 0 Å². The van der Waals surface area contributed by atoms with Gasteiger partial charge in [-0.05, 0) is 36.8 Å². The second kappa shape index (κ2) is 8.70. The van der Waals surface area contributed by atoms with Crippen LogP contribution >= 0.6 is 27.7 Å². The molecule has 2 aromatic carbocycles. The van der Waals surface area contributed by atoms with Gasteiger partial charge >= 0.3 is 0 Å². The van der Waals surface area contributed by atoms with Crippen LogP contribution in [0, 0.1) is 0 Å². The Kier molecular flexibility index (Phi) is 5.87. The molecule has 8 heteroatoms. The number of hydrogen-bond donors (Lipinski definition) is 0. The summed E-state index contributed by atoms with van der Waals surface area (Å²) in [7, 11) is 0. The average Bonchev–Trinajstić information content (AvgIpc) is 3.34. The fourth-order valence-corrected chi connectivity index (χ4v) is 3.92. The van der Waals surface area contributed by atoms with Gasteiger partial charge in [0, 0.05) is 23.0 Å². The third kappa shape index (κ3) is 4.34. The minimum atomic E-state index is 0.518. The Hall–Kier alpha value is -2.45. The van der Waals surface area contributed by atoms with Crippen molar-refractivity contribution in [3.8, 4) is 11.5 Å². The summed E-state index contributed by atoms with van der Waals surface area (Å²) >= 11 is 4.98. The maximum Gasteiger partial charge on any atom is 0.247 e. The summed E-state index contributed by atoms with van der Waals surface area (Å²) in [4.78, 5) is 0. The van der Waals surface area contributed by atoms with Crippen molar-refractivity contribution in [2.45, 2.75) is 30.8 Å². The molecule has 4 aromatic rings. The third-order valence-corrected chi connectivity index (χ3v) is 5.68. The Balaban J connectivity index is 1.44. The number of aromatic nitrogens is 5. The molecule has 0 amide bonds. The molecule has 2 aromatic heterocycles. The summed E-state index contributed by atoms with van der Waals surface area (Å²) in [5.41, 5.74) is 2.12. The quantitative estimate of drug-likeness (QED) is 0.365. The smallest absolute Gasteiger partial charge is 0.247 e. The monoisotopic (exact) mass is 455 g/mol. The van der Waals surface area contributed by atoms with Crippen molar-refractivity contribution in [3.05, 3.63) is 76.3 Å². The van der Waals surface area contributed by atoms with Crippen molar-refractivity contribution >= 4 is 27.7 Å². The van der Waals surface area contributed by atoms with E-state index in [1.54, 1.807) is 11.8 Å². The summed E-state index contributed by atoms with van der Waals surface area (Å²) in [5.74, 6) is 2.59. The lowest BCUT2D eigenvalue weighted by atomic mass is 10.1. The van der Waals surface area contributed by atoms with E-state index in [2.05, 4.69) is 59.9 Å². The van der Waals surface area contributed by atoms with Crippen LogP contribution in [0.4, 0.5) is 0 Å². The summed E-state index contributed by atoms with van der Waals surface area (Å²) < 4.78 is 8.93. The second-order valence-electron chi connectivity index (χ2n) is 6.10. The molecule has 0 saturated carbocycles. The van der Waals surface area contributed by atoms with E-state index in [9.17, 15) is 0 Å². The van der Waals surface area contributed by atoms with Gasteiger partial charge in [0.05, 0.1) is 5.75 Å². The molecule has 6 nitrogen and oxygen atoms in total. The van der Waals surface area contributed by atoms with E-state index < -0.39 is 0 Å². The molecule has 0 aliphatic carbocycles. The van der Waals surface area contributed by atoms with Crippen LogP contribution in [-0.2, 0) is 18.7 Å². The van der Waals surface area contributed by atoms with E-state index in [0.717, 1.165) is 34.0 Å². The minimum absolute atomic E-state index is 0.518. The van der Waals surface area contributed by atoms with E-state index in [4.69, 9.17) is 4.42 Å². The lowest BCUT2D eigenvalue weighted by Crippen LogP contribution is -2.04. The first-order chi connectivity index (χ1) is 13.7. The van der Waals surface area contributed by atoms with Crippen LogP contribution in [0.25, 0.3) is 11.5 Å². The SMILES string of the molecule is CCn1c(Cc2ccccc2)nnc1SCc1nnc(-c2ccc(Br)cc2)o1. The summed E-state index contributed by atoms with van der Waals surface area (Å²) in [6.45, 7) is 2.91. The van der Waals surface area contributed by atoms with Crippen molar-refractivity contribution in [1.29, 1.82) is 0 Å². The van der Waals surface area contributed by atoms with Crippen molar-refractivity contribution in [1.82, 2.24) is 25.0 Å². The van der Waals surface area contributed by atoms with Gasteiger partial charge in [0.2, 0.25) is 11.8 Å². The van der Waals surface area contributed by atoms with E-state index in [-0.39, 0.29) is 0 Å². The minimum Gasteiger partial charge on any atom is -0.420 e. The number of benzene rings is 2. The third-order valence-electron chi connectivity index (χ3n) is 4.20. The van der Waals surface area contributed by atoms with Crippen LogP contribution in [0.1, 0.15) is 24.2 Å². The van der Waals surface area contributed by atoms with Gasteiger partial charge in [-0.25, -0.2) is 0 Å². The standard InChI is InChI=1S/C20H18BrN5OS/c1-2-26-17(12-14-6-4-3-5-7-14)22-25-20(26)28-13-18-23-24-19(27-18)15-8-10-16(21)11-9-15/h3-11H,2,12-13H2,1H3. The van der Waals surface area contributed by atoms with Crippen LogP contribution in [0.15, 0.2) is 68.6 Å². The zero-order valence-corrected chi connectivity index (χ0v) is 17.7. The van der Waals surface area contributed by atoms with Crippen LogP contribution < -0.4 is 0 Å². The maximum atomic E-state index is 5.79. The van der Waals surface area contributed by atoms with Gasteiger partial charge in [-0.15, -0.1) is 20.4 Å². The van der Waals surface area contributed by atoms with Crippen LogP contribution in [0.2, 0.25) is 0 Å². The van der Waals surface area contributed by atoms with Gasteiger partial charge in [0.1, 0.15) is 5.82 Å². The number of halogens is 1. The van der Waals surface area contributed by atoms with Crippen molar-refractivity contribution < 1.29 is 4.42 Å². The van der Waals surface area contributed by atoms with Gasteiger partial charge in [0.25, 0.3) is 0 Å². The highest BCUT2D eigenvalue weighted by atomic mass is 79.9. The Morgan fingerprint density at radius 1 is 0.964 bits per heavy atom. The van der Waals surface area contributed by atoms with Crippen LogP contribution in [0.3, 0.4) is 0 Å². The van der Waals surface area contributed by atoms with Gasteiger partial charge in [-0.1, -0.05) is 58.0 Å². The topological polar surface area (TPSA) is 69.6 Å². The molecule has 0 atom stereocenters. The van der Waals surface area contributed by atoms with Crippen molar-refractivity contribution in [3.63, 3.8) is 0 Å². The number of nitrogens with zero attached hydrogens (tertiary/aromatic N) is 5.